The van der Waals surface area contributed by atoms with Crippen molar-refractivity contribution in [1.82, 2.24) is 0 Å². The number of ether oxygens (including phenoxy) is 3. The van der Waals surface area contributed by atoms with Crippen molar-refractivity contribution in [2.45, 2.75) is 24.5 Å². The van der Waals surface area contributed by atoms with Crippen molar-refractivity contribution in [3.63, 3.8) is 0 Å². The number of nitrogens with zero attached hydrogens (tertiary/aromatic N) is 5. The summed E-state index contributed by atoms with van der Waals surface area (Å²) in [5.74, 6) is -1.91. The van der Waals surface area contributed by atoms with Crippen LogP contribution in [0.15, 0.2) is 23.3 Å². The number of halogens is 2. The molecule has 0 N–H and O–H groups in total. The molecule has 152 valence electrons. The molecule has 0 bridgehead atoms. The fourth-order valence-electron chi connectivity index (χ4n) is 3.51. The van der Waals surface area contributed by atoms with Crippen molar-refractivity contribution < 1.29 is 27.8 Å². The lowest BCUT2D eigenvalue weighted by molar-refractivity contribution is -0.249. The summed E-state index contributed by atoms with van der Waals surface area (Å²) >= 11 is 0. The van der Waals surface area contributed by atoms with E-state index in [9.17, 15) is 13.6 Å². The third kappa shape index (κ3) is 3.68. The normalized spacial score (nSPS) is 24.1. The molecule has 28 heavy (non-hydrogen) atoms. The van der Waals surface area contributed by atoms with Gasteiger partial charge in [0, 0.05) is 32.1 Å². The third-order valence-corrected chi connectivity index (χ3v) is 5.09. The lowest BCUT2D eigenvalue weighted by atomic mass is 10.0. The van der Waals surface area contributed by atoms with Gasteiger partial charge in [-0.3, -0.25) is 4.90 Å². The second-order valence-electron chi connectivity index (χ2n) is 6.55. The Hall–Kier alpha value is -2.62. The first kappa shape index (κ1) is 20.1. The zero-order valence-electron chi connectivity index (χ0n) is 15.5. The van der Waals surface area contributed by atoms with Crippen molar-refractivity contribution in [2.24, 2.45) is 5.11 Å². The molecule has 9 nitrogen and oxygen atoms in total. The highest BCUT2D eigenvalue weighted by Crippen LogP contribution is 2.34. The topological polar surface area (TPSA) is 100 Å². The van der Waals surface area contributed by atoms with Gasteiger partial charge in [0.2, 0.25) is 5.79 Å². The first-order valence-corrected chi connectivity index (χ1v) is 8.72. The molecule has 1 unspecified atom stereocenters. The van der Waals surface area contributed by atoms with E-state index in [0.717, 1.165) is 0 Å². The third-order valence-electron chi connectivity index (χ3n) is 5.09. The van der Waals surface area contributed by atoms with Crippen LogP contribution in [0.2, 0.25) is 0 Å². The number of piperidine rings is 1. The number of azide groups is 1. The van der Waals surface area contributed by atoms with Crippen LogP contribution in [0.5, 0.6) is 0 Å². The van der Waals surface area contributed by atoms with E-state index in [0.29, 0.717) is 12.2 Å². The number of cyclic esters (lactones) is 1. The summed E-state index contributed by atoms with van der Waals surface area (Å²) in [7, 11) is 2.76. The minimum atomic E-state index is -1.45. The molecule has 11 heteroatoms. The quantitative estimate of drug-likeness (QED) is 0.318. The zero-order chi connectivity index (χ0) is 20.3. The number of hydrogen-bond acceptors (Lipinski definition) is 6. The van der Waals surface area contributed by atoms with Gasteiger partial charge in [0.05, 0.1) is 31.0 Å². The Morgan fingerprint density at radius 1 is 1.39 bits per heavy atom. The van der Waals surface area contributed by atoms with Crippen LogP contribution in [0.3, 0.4) is 0 Å². The van der Waals surface area contributed by atoms with Gasteiger partial charge in [0.15, 0.2) is 6.17 Å². The summed E-state index contributed by atoms with van der Waals surface area (Å²) in [4.78, 5) is 17.5. The smallest absolute Gasteiger partial charge is 0.414 e. The van der Waals surface area contributed by atoms with E-state index in [1.54, 1.807) is 11.0 Å². The molecule has 0 spiro atoms. The summed E-state index contributed by atoms with van der Waals surface area (Å²) < 4.78 is 44.8. The predicted molar refractivity (Wildman–Crippen MR) is 96.5 cm³/mol. The number of methoxy groups -OCH3 is 2. The van der Waals surface area contributed by atoms with Crippen LogP contribution in [-0.4, -0.2) is 64.6 Å². The molecule has 0 aliphatic carbocycles. The van der Waals surface area contributed by atoms with Crippen LogP contribution in [0, 0.1) is 5.82 Å². The van der Waals surface area contributed by atoms with Crippen LogP contribution < -0.4 is 9.80 Å². The fraction of sp³-hybridized carbons (Fsp3) is 0.588. The van der Waals surface area contributed by atoms with Gasteiger partial charge in [-0.05, 0) is 23.7 Å². The van der Waals surface area contributed by atoms with Crippen LogP contribution in [0.25, 0.3) is 10.4 Å². The van der Waals surface area contributed by atoms with Gasteiger partial charge in [-0.25, -0.2) is 13.6 Å². The van der Waals surface area contributed by atoms with Gasteiger partial charge in [-0.1, -0.05) is 5.11 Å². The Bertz CT molecular complexity index is 785. The summed E-state index contributed by atoms with van der Waals surface area (Å²) in [5.41, 5.74) is 8.90. The second kappa shape index (κ2) is 8.17. The van der Waals surface area contributed by atoms with Crippen molar-refractivity contribution in [1.29, 1.82) is 0 Å². The summed E-state index contributed by atoms with van der Waals surface area (Å²) in [6.45, 7) is 0.416. The van der Waals surface area contributed by atoms with E-state index in [2.05, 4.69) is 10.0 Å². The van der Waals surface area contributed by atoms with Gasteiger partial charge in [-0.2, -0.15) is 0 Å². The van der Waals surface area contributed by atoms with E-state index < -0.39 is 30.0 Å². The number of carbonyl (C=O) groups excluding carboxylic acids is 1. The number of hydrogen-bond donors (Lipinski definition) is 0. The minimum absolute atomic E-state index is 0.00568. The molecule has 2 fully saturated rings. The highest BCUT2D eigenvalue weighted by atomic mass is 19.1. The molecule has 2 aliphatic heterocycles. The SMILES string of the molecule is COC1(OC)CCN(c2ccc(N3C[C@H](CN=[N+]=[N-])OC3=O)cc2F)CC1F. The van der Waals surface area contributed by atoms with Gasteiger partial charge in [0.1, 0.15) is 11.9 Å². The van der Waals surface area contributed by atoms with Crippen molar-refractivity contribution in [3.05, 3.63) is 34.5 Å². The molecule has 2 aliphatic rings. The number of anilines is 2. The molecule has 1 aromatic carbocycles. The van der Waals surface area contributed by atoms with Crippen molar-refractivity contribution in [3.8, 4) is 0 Å². The number of carbonyl (C=O) groups is 1. The highest BCUT2D eigenvalue weighted by molar-refractivity contribution is 5.90. The largest absolute Gasteiger partial charge is 0.444 e. The highest BCUT2D eigenvalue weighted by Gasteiger charge is 2.45. The van der Waals surface area contributed by atoms with E-state index in [1.165, 1.54) is 31.3 Å². The van der Waals surface area contributed by atoms with E-state index >= 15 is 0 Å². The predicted octanol–water partition coefficient (Wildman–Crippen LogP) is 3.00. The number of amides is 1. The zero-order valence-corrected chi connectivity index (χ0v) is 15.5. The molecule has 2 saturated heterocycles. The van der Waals surface area contributed by atoms with Crippen LogP contribution in [0.4, 0.5) is 25.0 Å². The second-order valence-corrected chi connectivity index (χ2v) is 6.55. The van der Waals surface area contributed by atoms with Crippen LogP contribution in [0.1, 0.15) is 6.42 Å². The fourth-order valence-corrected chi connectivity index (χ4v) is 3.51. The molecule has 0 aromatic heterocycles. The Morgan fingerprint density at radius 3 is 2.75 bits per heavy atom. The molecule has 1 amide bonds. The molecule has 0 radical (unpaired) electrons. The van der Waals surface area contributed by atoms with Crippen molar-refractivity contribution >= 4 is 17.5 Å². The summed E-state index contributed by atoms with van der Waals surface area (Å²) in [6, 6.07) is 4.27. The lowest BCUT2D eigenvalue weighted by Gasteiger charge is -2.43. The monoisotopic (exact) mass is 397 g/mol. The van der Waals surface area contributed by atoms with Gasteiger partial charge in [-0.15, -0.1) is 0 Å². The average molecular weight is 397 g/mol. The van der Waals surface area contributed by atoms with Crippen molar-refractivity contribution in [2.75, 3.05) is 50.2 Å². The first-order chi connectivity index (χ1) is 13.4. The molecular weight excluding hydrogens is 376 g/mol. The number of alkyl halides is 1. The number of benzene rings is 1. The molecule has 2 atom stereocenters. The maximum Gasteiger partial charge on any atom is 0.414 e. The average Bonchev–Trinajstić information content (AvgIpc) is 3.07. The van der Waals surface area contributed by atoms with Crippen LogP contribution in [-0.2, 0) is 14.2 Å². The molecule has 3 rings (SSSR count). The Kier molecular flexibility index (Phi) is 5.87. The Balaban J connectivity index is 1.73. The van der Waals surface area contributed by atoms with Crippen LogP contribution >= 0.6 is 0 Å². The maximum atomic E-state index is 14.7. The summed E-state index contributed by atoms with van der Waals surface area (Å²) in [6.07, 6.45) is -2.44. The molecule has 2 heterocycles. The van der Waals surface area contributed by atoms with E-state index in [4.69, 9.17) is 19.7 Å². The minimum Gasteiger partial charge on any atom is -0.444 e. The standard InChI is InChI=1S/C17H21F2N5O4/c1-26-17(27-2)5-6-23(10-15(17)19)14-4-3-11(7-13(14)18)24-9-12(8-21-22-20)28-16(24)25/h3-4,7,12,15H,5-6,8-10H2,1-2H3/t12-,15?/m0/s1. The molecule has 0 saturated carbocycles. The Labute approximate surface area is 160 Å². The Morgan fingerprint density at radius 2 is 2.14 bits per heavy atom. The molecular formula is C17H21F2N5O4. The van der Waals surface area contributed by atoms with Gasteiger partial charge in [0.25, 0.3) is 0 Å². The number of rotatable bonds is 6. The van der Waals surface area contributed by atoms with E-state index in [-0.39, 0.29) is 31.7 Å². The maximum absolute atomic E-state index is 14.7. The molecule has 1 aromatic rings. The van der Waals surface area contributed by atoms with Gasteiger partial charge >= 0.3 is 6.09 Å². The van der Waals surface area contributed by atoms with E-state index in [1.807, 2.05) is 0 Å². The summed E-state index contributed by atoms with van der Waals surface area (Å²) in [5, 5.41) is 3.38. The lowest BCUT2D eigenvalue weighted by Crippen LogP contribution is -2.56. The van der Waals surface area contributed by atoms with Gasteiger partial charge < -0.3 is 19.1 Å². The first-order valence-electron chi connectivity index (χ1n) is 8.72.